The van der Waals surface area contributed by atoms with E-state index in [1.807, 2.05) is 20.8 Å². The van der Waals surface area contributed by atoms with Crippen molar-refractivity contribution in [1.82, 2.24) is 5.32 Å². The lowest BCUT2D eigenvalue weighted by Gasteiger charge is -2.63. The number of carbonyl (C=O) groups excluding carboxylic acids is 3. The summed E-state index contributed by atoms with van der Waals surface area (Å²) >= 11 is 0. The van der Waals surface area contributed by atoms with Crippen LogP contribution in [0.4, 0.5) is 0 Å². The number of rotatable bonds is 6. The molecule has 40 heavy (non-hydrogen) atoms. The van der Waals surface area contributed by atoms with Crippen molar-refractivity contribution in [3.8, 4) is 0 Å². The molecule has 4 aliphatic carbocycles. The monoisotopic (exact) mass is 559 g/mol. The van der Waals surface area contributed by atoms with Crippen LogP contribution in [0.5, 0.6) is 0 Å². The zero-order valence-electron chi connectivity index (χ0n) is 25.2. The van der Waals surface area contributed by atoms with Crippen LogP contribution in [0, 0.1) is 34.5 Å². The van der Waals surface area contributed by atoms with Gasteiger partial charge in [-0.3, -0.25) is 14.9 Å². The number of aliphatic hydroxyl groups is 1. The van der Waals surface area contributed by atoms with Crippen LogP contribution in [-0.2, 0) is 28.6 Å². The Labute approximate surface area is 239 Å². The van der Waals surface area contributed by atoms with Gasteiger partial charge in [-0.05, 0) is 120 Å². The molecule has 0 aromatic heterocycles. The molecule has 5 rings (SSSR count). The molecule has 0 radical (unpaired) electrons. The summed E-state index contributed by atoms with van der Waals surface area (Å²) in [6, 6.07) is -0.590. The summed E-state index contributed by atoms with van der Waals surface area (Å²) < 4.78 is 16.5. The summed E-state index contributed by atoms with van der Waals surface area (Å²) in [5.41, 5.74) is -0.330. The first kappa shape index (κ1) is 29.6. The molecule has 8 nitrogen and oxygen atoms in total. The van der Waals surface area contributed by atoms with Crippen LogP contribution in [-0.4, -0.2) is 59.5 Å². The van der Waals surface area contributed by atoms with Crippen LogP contribution in [0.25, 0.3) is 0 Å². The Morgan fingerprint density at radius 2 is 1.85 bits per heavy atom. The van der Waals surface area contributed by atoms with Crippen molar-refractivity contribution in [2.24, 2.45) is 34.5 Å². The predicted octanol–water partition coefficient (Wildman–Crippen LogP) is 4.48. The zero-order valence-corrected chi connectivity index (χ0v) is 25.2. The summed E-state index contributed by atoms with van der Waals surface area (Å²) in [6.45, 7) is 12.2. The van der Waals surface area contributed by atoms with Crippen molar-refractivity contribution in [2.75, 3.05) is 13.2 Å². The molecule has 0 spiro atoms. The number of carbonyl (C=O) groups is 3. The molecule has 0 amide bonds. The molecule has 0 saturated heterocycles. The second-order valence-corrected chi connectivity index (χ2v) is 14.8. The van der Waals surface area contributed by atoms with E-state index in [0.29, 0.717) is 18.4 Å². The SMILES string of the molecule is C[C@H](NCC(=O)OC(C)(C)C)C(=O)O[C@H]1CC[C@@]2(C)[C@H](CC[C@@H]3[C@@H]2CC[C@]2(C)[C@@H](C4=CC(=O)OC4)CC[C@]32O)C1. The molecule has 0 aromatic carbocycles. The normalized spacial score (nSPS) is 41.6. The van der Waals surface area contributed by atoms with Gasteiger partial charge in [0.1, 0.15) is 24.4 Å². The fourth-order valence-electron chi connectivity index (χ4n) is 9.44. The van der Waals surface area contributed by atoms with Crippen LogP contribution in [0.3, 0.4) is 0 Å². The largest absolute Gasteiger partial charge is 0.461 e. The molecule has 224 valence electrons. The van der Waals surface area contributed by atoms with Crippen LogP contribution in [0.2, 0.25) is 0 Å². The number of hydrogen-bond acceptors (Lipinski definition) is 8. The Balaban J connectivity index is 1.19. The molecule has 0 aromatic rings. The van der Waals surface area contributed by atoms with E-state index in [9.17, 15) is 19.5 Å². The average Bonchev–Trinajstić information content (AvgIpc) is 3.41. The first-order chi connectivity index (χ1) is 18.7. The topological polar surface area (TPSA) is 111 Å². The van der Waals surface area contributed by atoms with Gasteiger partial charge in [-0.25, -0.2) is 4.79 Å². The Bertz CT molecular complexity index is 1060. The molecule has 4 saturated carbocycles. The Morgan fingerprint density at radius 1 is 1.10 bits per heavy atom. The highest BCUT2D eigenvalue weighted by molar-refractivity contribution is 5.85. The minimum atomic E-state index is -0.723. The van der Waals surface area contributed by atoms with Gasteiger partial charge in [0.15, 0.2) is 0 Å². The maximum atomic E-state index is 12.8. The predicted molar refractivity (Wildman–Crippen MR) is 149 cm³/mol. The lowest BCUT2D eigenvalue weighted by atomic mass is 9.43. The van der Waals surface area contributed by atoms with Crippen molar-refractivity contribution in [3.05, 3.63) is 11.6 Å². The molecular formula is C32H49NO7. The lowest BCUT2D eigenvalue weighted by molar-refractivity contribution is -0.210. The molecule has 1 aliphatic heterocycles. The van der Waals surface area contributed by atoms with Crippen molar-refractivity contribution in [2.45, 2.75) is 123 Å². The standard InChI is InChI=1S/C32H49NO7/c1-19(33-17-27(35)40-29(2,3)4)28(36)39-22-9-12-30(5)21(16-22)7-8-25-24(30)10-13-31(6)23(11-14-32(25,31)37)20-15-26(34)38-18-20/h15,19,21-25,33,37H,7-14,16-18H2,1-6H3/t19-,21+,22-,23+,24-,25+,30-,31+,32-/m0/s1. The van der Waals surface area contributed by atoms with Crippen LogP contribution >= 0.6 is 0 Å². The zero-order chi connectivity index (χ0) is 29.1. The highest BCUT2D eigenvalue weighted by Gasteiger charge is 2.67. The van der Waals surface area contributed by atoms with Gasteiger partial charge in [0, 0.05) is 11.5 Å². The van der Waals surface area contributed by atoms with Crippen molar-refractivity contribution in [1.29, 1.82) is 0 Å². The molecule has 5 aliphatic rings. The first-order valence-corrected chi connectivity index (χ1v) is 15.4. The van der Waals surface area contributed by atoms with E-state index in [1.54, 1.807) is 13.0 Å². The van der Waals surface area contributed by atoms with Crippen molar-refractivity contribution >= 4 is 17.9 Å². The fourth-order valence-corrected chi connectivity index (χ4v) is 9.44. The van der Waals surface area contributed by atoms with Gasteiger partial charge in [0.05, 0.1) is 12.1 Å². The number of nitrogens with one attached hydrogen (secondary N) is 1. The first-order valence-electron chi connectivity index (χ1n) is 15.4. The van der Waals surface area contributed by atoms with Crippen LogP contribution < -0.4 is 5.32 Å². The highest BCUT2D eigenvalue weighted by atomic mass is 16.6. The maximum Gasteiger partial charge on any atom is 0.331 e. The van der Waals surface area contributed by atoms with E-state index >= 15 is 0 Å². The molecule has 2 N–H and O–H groups in total. The van der Waals surface area contributed by atoms with E-state index < -0.39 is 23.2 Å². The Hall–Kier alpha value is -1.93. The molecule has 9 atom stereocenters. The van der Waals surface area contributed by atoms with Gasteiger partial charge < -0.3 is 19.3 Å². The van der Waals surface area contributed by atoms with Crippen LogP contribution in [0.15, 0.2) is 11.6 Å². The van der Waals surface area contributed by atoms with Gasteiger partial charge in [0.2, 0.25) is 0 Å². The third kappa shape index (κ3) is 5.12. The highest BCUT2D eigenvalue weighted by Crippen LogP contribution is 2.70. The van der Waals surface area contributed by atoms with Crippen molar-refractivity contribution in [3.63, 3.8) is 0 Å². The molecular weight excluding hydrogens is 510 g/mol. The third-order valence-corrected chi connectivity index (χ3v) is 11.5. The van der Waals surface area contributed by atoms with Gasteiger partial charge >= 0.3 is 17.9 Å². The second-order valence-electron chi connectivity index (χ2n) is 14.8. The number of fused-ring (bicyclic) bond motifs is 5. The van der Waals surface area contributed by atoms with E-state index in [0.717, 1.165) is 63.4 Å². The lowest BCUT2D eigenvalue weighted by Crippen LogP contribution is -2.62. The molecule has 4 fully saturated rings. The van der Waals surface area contributed by atoms with Gasteiger partial charge in [0.25, 0.3) is 0 Å². The quantitative estimate of drug-likeness (QED) is 0.362. The number of hydrogen-bond donors (Lipinski definition) is 2. The Morgan fingerprint density at radius 3 is 2.52 bits per heavy atom. The van der Waals surface area contributed by atoms with Gasteiger partial charge in [-0.1, -0.05) is 13.8 Å². The molecule has 1 heterocycles. The van der Waals surface area contributed by atoms with E-state index in [-0.39, 0.29) is 47.3 Å². The minimum Gasteiger partial charge on any atom is -0.461 e. The van der Waals surface area contributed by atoms with E-state index in [4.69, 9.17) is 14.2 Å². The van der Waals surface area contributed by atoms with Gasteiger partial charge in [-0.15, -0.1) is 0 Å². The smallest absolute Gasteiger partial charge is 0.331 e. The summed E-state index contributed by atoms with van der Waals surface area (Å²) in [5.74, 6) is 0.404. The number of esters is 3. The maximum absolute atomic E-state index is 12.8. The molecule has 8 heteroatoms. The second kappa shape index (κ2) is 10.4. The Kier molecular flexibility index (Phi) is 7.69. The minimum absolute atomic E-state index is 0.0364. The van der Waals surface area contributed by atoms with Gasteiger partial charge in [-0.2, -0.15) is 0 Å². The summed E-state index contributed by atoms with van der Waals surface area (Å²) in [7, 11) is 0. The van der Waals surface area contributed by atoms with Crippen molar-refractivity contribution < 1.29 is 33.7 Å². The summed E-state index contributed by atoms with van der Waals surface area (Å²) in [5, 5.41) is 15.3. The number of cyclic esters (lactones) is 1. The summed E-state index contributed by atoms with van der Waals surface area (Å²) in [6.07, 6.45) is 9.99. The third-order valence-electron chi connectivity index (χ3n) is 11.5. The number of ether oxygens (including phenoxy) is 3. The summed E-state index contributed by atoms with van der Waals surface area (Å²) in [4.78, 5) is 36.7. The fraction of sp³-hybridized carbons (Fsp3) is 0.844. The average molecular weight is 560 g/mol. The molecule has 0 bridgehead atoms. The molecule has 0 unspecified atom stereocenters. The van der Waals surface area contributed by atoms with E-state index in [1.165, 1.54) is 0 Å². The van der Waals surface area contributed by atoms with Crippen LogP contribution in [0.1, 0.15) is 99.3 Å². The van der Waals surface area contributed by atoms with E-state index in [2.05, 4.69) is 19.2 Å².